The van der Waals surface area contributed by atoms with Gasteiger partial charge in [-0.15, -0.1) is 0 Å². The topological polar surface area (TPSA) is 84.5 Å². The van der Waals surface area contributed by atoms with Crippen LogP contribution in [0, 0.1) is 13.8 Å². The summed E-state index contributed by atoms with van der Waals surface area (Å²) in [6, 6.07) is 20.4. The number of anilines is 2. The average molecular weight is 410 g/mol. The lowest BCUT2D eigenvalue weighted by molar-refractivity contribution is -0.118. The highest BCUT2D eigenvalue weighted by atomic mass is 32.2. The Kier molecular flexibility index (Phi) is 6.19. The fraction of sp³-hybridized carbons (Fsp3) is 0.136. The van der Waals surface area contributed by atoms with Gasteiger partial charge in [0.15, 0.2) is 6.61 Å². The molecule has 7 heteroatoms. The number of carbonyl (C=O) groups is 1. The molecule has 0 spiro atoms. The van der Waals surface area contributed by atoms with E-state index in [4.69, 9.17) is 4.74 Å². The van der Waals surface area contributed by atoms with Crippen LogP contribution >= 0.6 is 0 Å². The van der Waals surface area contributed by atoms with Crippen LogP contribution < -0.4 is 14.8 Å². The Morgan fingerprint density at radius 2 is 1.55 bits per heavy atom. The molecule has 0 atom stereocenters. The molecule has 29 heavy (non-hydrogen) atoms. The predicted molar refractivity (Wildman–Crippen MR) is 114 cm³/mol. The maximum atomic E-state index is 12.6. The quantitative estimate of drug-likeness (QED) is 0.614. The minimum Gasteiger partial charge on any atom is -0.483 e. The van der Waals surface area contributed by atoms with Crippen LogP contribution in [-0.4, -0.2) is 20.9 Å². The lowest BCUT2D eigenvalue weighted by atomic mass is 10.1. The van der Waals surface area contributed by atoms with Crippen LogP contribution in [-0.2, 0) is 14.8 Å². The number of carbonyl (C=O) groups excluding carboxylic acids is 1. The molecule has 0 radical (unpaired) electrons. The Hall–Kier alpha value is -3.32. The Bertz CT molecular complexity index is 1110. The zero-order chi connectivity index (χ0) is 20.9. The summed E-state index contributed by atoms with van der Waals surface area (Å²) in [5, 5.41) is 2.70. The van der Waals surface area contributed by atoms with E-state index < -0.39 is 15.9 Å². The smallest absolute Gasteiger partial charge is 0.262 e. The van der Waals surface area contributed by atoms with Gasteiger partial charge in [0.2, 0.25) is 0 Å². The highest BCUT2D eigenvalue weighted by molar-refractivity contribution is 7.92. The lowest BCUT2D eigenvalue weighted by Crippen LogP contribution is -2.22. The number of sulfonamides is 1. The van der Waals surface area contributed by atoms with E-state index in [9.17, 15) is 13.2 Å². The maximum Gasteiger partial charge on any atom is 0.262 e. The molecule has 0 unspecified atom stereocenters. The number of para-hydroxylation sites is 2. The standard InChI is InChI=1S/C22H22N2O4S/c1-16-12-13-17(2)21(14-16)28-15-22(25)23-19-10-6-7-11-20(19)24-29(26,27)18-8-4-3-5-9-18/h3-14,24H,15H2,1-2H3,(H,23,25). The van der Waals surface area contributed by atoms with Gasteiger partial charge in [-0.1, -0.05) is 42.5 Å². The van der Waals surface area contributed by atoms with E-state index in [0.717, 1.165) is 11.1 Å². The van der Waals surface area contributed by atoms with Gasteiger partial charge in [0.05, 0.1) is 16.3 Å². The van der Waals surface area contributed by atoms with Crippen LogP contribution in [0.5, 0.6) is 5.75 Å². The Morgan fingerprint density at radius 3 is 2.28 bits per heavy atom. The average Bonchev–Trinajstić information content (AvgIpc) is 2.70. The first-order valence-electron chi connectivity index (χ1n) is 9.02. The van der Waals surface area contributed by atoms with Gasteiger partial charge in [0, 0.05) is 0 Å². The second-order valence-electron chi connectivity index (χ2n) is 6.57. The monoisotopic (exact) mass is 410 g/mol. The van der Waals surface area contributed by atoms with Gasteiger partial charge in [0.25, 0.3) is 15.9 Å². The summed E-state index contributed by atoms with van der Waals surface area (Å²) in [5.74, 6) is 0.246. The predicted octanol–water partition coefficient (Wildman–Crippen LogP) is 4.12. The first kappa shape index (κ1) is 20.4. The minimum atomic E-state index is -3.77. The van der Waals surface area contributed by atoms with Crippen LogP contribution in [0.3, 0.4) is 0 Å². The van der Waals surface area contributed by atoms with E-state index in [1.54, 1.807) is 42.5 Å². The molecule has 0 aromatic heterocycles. The lowest BCUT2D eigenvalue weighted by Gasteiger charge is -2.14. The molecule has 150 valence electrons. The van der Waals surface area contributed by atoms with Crippen molar-refractivity contribution in [1.29, 1.82) is 0 Å². The summed E-state index contributed by atoms with van der Waals surface area (Å²) in [6.07, 6.45) is 0. The summed E-state index contributed by atoms with van der Waals surface area (Å²) < 4.78 is 33.3. The van der Waals surface area contributed by atoms with E-state index in [1.807, 2.05) is 32.0 Å². The van der Waals surface area contributed by atoms with Gasteiger partial charge < -0.3 is 10.1 Å². The van der Waals surface area contributed by atoms with Gasteiger partial charge >= 0.3 is 0 Å². The Morgan fingerprint density at radius 1 is 0.897 bits per heavy atom. The number of amides is 1. The van der Waals surface area contributed by atoms with Crippen molar-refractivity contribution < 1.29 is 17.9 Å². The molecular weight excluding hydrogens is 388 g/mol. The summed E-state index contributed by atoms with van der Waals surface area (Å²) in [7, 11) is -3.77. The van der Waals surface area contributed by atoms with E-state index in [1.165, 1.54) is 12.1 Å². The number of nitrogens with one attached hydrogen (secondary N) is 2. The third-order valence-electron chi connectivity index (χ3n) is 4.20. The number of hydrogen-bond acceptors (Lipinski definition) is 4. The van der Waals surface area contributed by atoms with Crippen LogP contribution in [0.2, 0.25) is 0 Å². The van der Waals surface area contributed by atoms with Crippen molar-refractivity contribution >= 4 is 27.3 Å². The molecule has 3 aromatic carbocycles. The SMILES string of the molecule is Cc1ccc(C)c(OCC(=O)Nc2ccccc2NS(=O)(=O)c2ccccc2)c1. The van der Waals surface area contributed by atoms with Crippen LogP contribution in [0.15, 0.2) is 77.7 Å². The zero-order valence-corrected chi connectivity index (χ0v) is 17.0. The molecule has 0 heterocycles. The first-order valence-corrected chi connectivity index (χ1v) is 10.5. The van der Waals surface area contributed by atoms with Crippen LogP contribution in [0.4, 0.5) is 11.4 Å². The fourth-order valence-corrected chi connectivity index (χ4v) is 3.78. The van der Waals surface area contributed by atoms with Crippen molar-refractivity contribution in [1.82, 2.24) is 0 Å². The second-order valence-corrected chi connectivity index (χ2v) is 8.25. The number of aryl methyl sites for hydroxylation is 2. The summed E-state index contributed by atoms with van der Waals surface area (Å²) in [6.45, 7) is 3.66. The molecule has 3 rings (SSSR count). The van der Waals surface area contributed by atoms with E-state index in [2.05, 4.69) is 10.0 Å². The molecule has 6 nitrogen and oxygen atoms in total. The van der Waals surface area contributed by atoms with Gasteiger partial charge in [-0.2, -0.15) is 0 Å². The van der Waals surface area contributed by atoms with Crippen molar-refractivity contribution in [3.8, 4) is 5.75 Å². The first-order chi connectivity index (χ1) is 13.8. The molecule has 0 bridgehead atoms. The van der Waals surface area contributed by atoms with Crippen molar-refractivity contribution in [3.05, 3.63) is 83.9 Å². The molecule has 0 aliphatic carbocycles. The van der Waals surface area contributed by atoms with Crippen molar-refractivity contribution in [2.75, 3.05) is 16.6 Å². The zero-order valence-electron chi connectivity index (χ0n) is 16.2. The third-order valence-corrected chi connectivity index (χ3v) is 5.58. The van der Waals surface area contributed by atoms with Crippen molar-refractivity contribution in [2.24, 2.45) is 0 Å². The summed E-state index contributed by atoms with van der Waals surface area (Å²) >= 11 is 0. The van der Waals surface area contributed by atoms with E-state index in [-0.39, 0.29) is 17.2 Å². The molecule has 0 aliphatic rings. The Labute approximate surface area is 170 Å². The molecule has 0 aliphatic heterocycles. The third kappa shape index (κ3) is 5.36. The summed E-state index contributed by atoms with van der Waals surface area (Å²) in [4.78, 5) is 12.5. The highest BCUT2D eigenvalue weighted by Gasteiger charge is 2.16. The molecule has 2 N–H and O–H groups in total. The van der Waals surface area contributed by atoms with E-state index >= 15 is 0 Å². The molecule has 0 saturated carbocycles. The molecule has 0 fully saturated rings. The maximum absolute atomic E-state index is 12.6. The Balaban J connectivity index is 1.70. The largest absolute Gasteiger partial charge is 0.483 e. The molecule has 1 amide bonds. The van der Waals surface area contributed by atoms with Gasteiger partial charge in [0.1, 0.15) is 5.75 Å². The molecule has 3 aromatic rings. The van der Waals surface area contributed by atoms with Crippen molar-refractivity contribution in [3.63, 3.8) is 0 Å². The minimum absolute atomic E-state index is 0.138. The number of ether oxygens (including phenoxy) is 1. The molecular formula is C22H22N2O4S. The van der Waals surface area contributed by atoms with Crippen LogP contribution in [0.1, 0.15) is 11.1 Å². The van der Waals surface area contributed by atoms with Gasteiger partial charge in [-0.3, -0.25) is 9.52 Å². The summed E-state index contributed by atoms with van der Waals surface area (Å²) in [5.41, 5.74) is 2.59. The van der Waals surface area contributed by atoms with Gasteiger partial charge in [-0.25, -0.2) is 8.42 Å². The van der Waals surface area contributed by atoms with Crippen molar-refractivity contribution in [2.45, 2.75) is 18.7 Å². The second kappa shape index (κ2) is 8.79. The normalized spacial score (nSPS) is 11.0. The highest BCUT2D eigenvalue weighted by Crippen LogP contribution is 2.25. The number of hydrogen-bond donors (Lipinski definition) is 2. The molecule has 0 saturated heterocycles. The number of benzene rings is 3. The van der Waals surface area contributed by atoms with E-state index in [0.29, 0.717) is 11.4 Å². The van der Waals surface area contributed by atoms with Crippen LogP contribution in [0.25, 0.3) is 0 Å². The fourth-order valence-electron chi connectivity index (χ4n) is 2.68. The van der Waals surface area contributed by atoms with Gasteiger partial charge in [-0.05, 0) is 55.3 Å². The number of rotatable bonds is 7.